The number of anilines is 3. The van der Waals surface area contributed by atoms with E-state index in [-0.39, 0.29) is 0 Å². The molecule has 2 aromatic carbocycles. The first-order valence-electron chi connectivity index (χ1n) is 7.27. The zero-order valence-electron chi connectivity index (χ0n) is 11.5. The van der Waals surface area contributed by atoms with Gasteiger partial charge >= 0.3 is 0 Å². The van der Waals surface area contributed by atoms with Gasteiger partial charge in [-0.3, -0.25) is 0 Å². The highest BCUT2D eigenvalue weighted by molar-refractivity contribution is 5.87. The molecule has 5 rings (SSSR count). The highest BCUT2D eigenvalue weighted by Gasteiger charge is 2.40. The smallest absolute Gasteiger partial charge is 0.110 e. The number of nitrogens with zero attached hydrogens (tertiary/aromatic N) is 2. The summed E-state index contributed by atoms with van der Waals surface area (Å²) < 4.78 is 0. The van der Waals surface area contributed by atoms with E-state index in [9.17, 15) is 0 Å². The summed E-state index contributed by atoms with van der Waals surface area (Å²) in [6.45, 7) is 0. The summed E-state index contributed by atoms with van der Waals surface area (Å²) in [7, 11) is 2.22. The second-order valence-corrected chi connectivity index (χ2v) is 5.91. The third kappa shape index (κ3) is 1.15. The average molecular weight is 260 g/mol. The number of para-hydroxylation sites is 1. The third-order valence-corrected chi connectivity index (χ3v) is 4.89. The summed E-state index contributed by atoms with van der Waals surface area (Å²) in [4.78, 5) is 4.94. The molecule has 0 radical (unpaired) electrons. The van der Waals surface area contributed by atoms with Gasteiger partial charge in [-0.1, -0.05) is 30.4 Å². The van der Waals surface area contributed by atoms with Crippen LogP contribution in [-0.2, 0) is 6.42 Å². The molecular formula is C18H16N2. The number of fused-ring (bicyclic) bond motifs is 6. The van der Waals surface area contributed by atoms with Crippen molar-refractivity contribution >= 4 is 29.2 Å². The van der Waals surface area contributed by atoms with Crippen molar-refractivity contribution < 1.29 is 0 Å². The van der Waals surface area contributed by atoms with E-state index in [4.69, 9.17) is 0 Å². The number of benzene rings is 2. The van der Waals surface area contributed by atoms with Crippen molar-refractivity contribution in [2.24, 2.45) is 0 Å². The molecular weight excluding hydrogens is 244 g/mol. The number of likely N-dealkylation sites (N-methyl/N-ethyl adjacent to an activating group) is 1. The molecule has 2 aromatic rings. The van der Waals surface area contributed by atoms with E-state index in [0.29, 0.717) is 6.17 Å². The molecule has 0 saturated heterocycles. The Morgan fingerprint density at radius 1 is 0.950 bits per heavy atom. The summed E-state index contributed by atoms with van der Waals surface area (Å²) in [5.41, 5.74) is 5.58. The first-order valence-corrected chi connectivity index (χ1v) is 7.27. The largest absolute Gasteiger partial charge is 0.352 e. The van der Waals surface area contributed by atoms with E-state index in [1.54, 1.807) is 0 Å². The van der Waals surface area contributed by atoms with E-state index in [1.807, 2.05) is 0 Å². The Kier molecular flexibility index (Phi) is 1.82. The molecule has 0 bridgehead atoms. The summed E-state index contributed by atoms with van der Waals surface area (Å²) in [6, 6.07) is 13.5. The standard InChI is InChI=1S/C18H16N2/c1-19-16-9-12-6-4-7-13(12)10-17(16)20-15-8-3-2-5-14(15)11-18(19)20/h2-3,5-10,18H,4,11H2,1H3. The molecule has 2 heteroatoms. The fourth-order valence-corrected chi connectivity index (χ4v) is 3.88. The maximum Gasteiger partial charge on any atom is 0.110 e. The van der Waals surface area contributed by atoms with Crippen LogP contribution < -0.4 is 20.2 Å². The second kappa shape index (κ2) is 3.45. The van der Waals surface area contributed by atoms with Crippen LogP contribution in [0.25, 0.3) is 12.2 Å². The Morgan fingerprint density at radius 3 is 2.55 bits per heavy atom. The highest BCUT2D eigenvalue weighted by Crippen LogP contribution is 2.48. The fourth-order valence-electron chi connectivity index (χ4n) is 3.88. The van der Waals surface area contributed by atoms with Crippen LogP contribution in [0, 0.1) is 0 Å². The number of rotatable bonds is 0. The molecule has 3 aliphatic rings. The van der Waals surface area contributed by atoms with Crippen LogP contribution in [0.4, 0.5) is 17.1 Å². The van der Waals surface area contributed by atoms with Crippen LogP contribution >= 0.6 is 0 Å². The van der Waals surface area contributed by atoms with Crippen LogP contribution in [0.3, 0.4) is 0 Å². The zero-order chi connectivity index (χ0) is 13.3. The first kappa shape index (κ1) is 10.6. The Bertz CT molecular complexity index is 850. The molecule has 98 valence electrons. The van der Waals surface area contributed by atoms with Crippen LogP contribution in [0.1, 0.15) is 12.0 Å². The Morgan fingerprint density at radius 2 is 1.70 bits per heavy atom. The summed E-state index contributed by atoms with van der Waals surface area (Å²) >= 11 is 0. The summed E-state index contributed by atoms with van der Waals surface area (Å²) in [6.07, 6.45) is 7.28. The predicted octanol–water partition coefficient (Wildman–Crippen LogP) is 2.12. The molecule has 0 spiro atoms. The lowest BCUT2D eigenvalue weighted by atomic mass is 10.1. The van der Waals surface area contributed by atoms with Crippen molar-refractivity contribution in [2.75, 3.05) is 16.8 Å². The minimum absolute atomic E-state index is 0.449. The van der Waals surface area contributed by atoms with Gasteiger partial charge < -0.3 is 9.80 Å². The molecule has 20 heavy (non-hydrogen) atoms. The lowest BCUT2D eigenvalue weighted by Gasteiger charge is -2.23. The van der Waals surface area contributed by atoms with Crippen molar-refractivity contribution in [1.29, 1.82) is 0 Å². The van der Waals surface area contributed by atoms with Crippen LogP contribution in [0.5, 0.6) is 0 Å². The van der Waals surface area contributed by atoms with Gasteiger partial charge in [0.2, 0.25) is 0 Å². The molecule has 2 heterocycles. The van der Waals surface area contributed by atoms with E-state index < -0.39 is 0 Å². The van der Waals surface area contributed by atoms with Gasteiger partial charge in [-0.15, -0.1) is 0 Å². The molecule has 1 aliphatic carbocycles. The number of hydrogen-bond donors (Lipinski definition) is 0. The van der Waals surface area contributed by atoms with Gasteiger partial charge in [0.1, 0.15) is 6.17 Å². The van der Waals surface area contributed by atoms with E-state index >= 15 is 0 Å². The van der Waals surface area contributed by atoms with Gasteiger partial charge in [0.15, 0.2) is 0 Å². The molecule has 1 unspecified atom stereocenters. The molecule has 2 aliphatic heterocycles. The monoisotopic (exact) mass is 260 g/mol. The molecule has 0 N–H and O–H groups in total. The maximum absolute atomic E-state index is 2.51. The van der Waals surface area contributed by atoms with Gasteiger partial charge in [-0.05, 0) is 40.6 Å². The van der Waals surface area contributed by atoms with Crippen molar-refractivity contribution in [3.8, 4) is 0 Å². The summed E-state index contributed by atoms with van der Waals surface area (Å²) in [5.74, 6) is 0. The molecule has 0 fully saturated rings. The number of hydrogen-bond acceptors (Lipinski definition) is 2. The second-order valence-electron chi connectivity index (χ2n) is 5.91. The SMILES string of the molecule is CN1c2cc3c(cc2N2c4ccccc4CC12)=CCC=3. The third-order valence-electron chi connectivity index (χ3n) is 4.89. The van der Waals surface area contributed by atoms with Crippen molar-refractivity contribution in [3.63, 3.8) is 0 Å². The van der Waals surface area contributed by atoms with Gasteiger partial charge in [0.05, 0.1) is 11.4 Å². The lowest BCUT2D eigenvalue weighted by molar-refractivity contribution is 0.704. The highest BCUT2D eigenvalue weighted by atomic mass is 15.4. The van der Waals surface area contributed by atoms with Gasteiger partial charge in [0.25, 0.3) is 0 Å². The predicted molar refractivity (Wildman–Crippen MR) is 83.7 cm³/mol. The fraction of sp³-hybridized carbons (Fsp3) is 0.222. The molecule has 1 atom stereocenters. The quantitative estimate of drug-likeness (QED) is 0.716. The minimum atomic E-state index is 0.449. The topological polar surface area (TPSA) is 6.48 Å². The van der Waals surface area contributed by atoms with Crippen LogP contribution in [0.2, 0.25) is 0 Å². The lowest BCUT2D eigenvalue weighted by Crippen LogP contribution is -2.36. The Balaban J connectivity index is 1.81. The Labute approximate surface area is 118 Å². The Hall–Kier alpha value is -2.22. The van der Waals surface area contributed by atoms with Crippen LogP contribution in [-0.4, -0.2) is 13.2 Å². The molecule has 0 saturated carbocycles. The molecule has 0 amide bonds. The first-order chi connectivity index (χ1) is 9.83. The normalized spacial score (nSPS) is 20.9. The van der Waals surface area contributed by atoms with E-state index in [0.717, 1.165) is 12.8 Å². The average Bonchev–Trinajstić information content (AvgIpc) is 3.13. The van der Waals surface area contributed by atoms with Crippen molar-refractivity contribution in [3.05, 3.63) is 52.4 Å². The zero-order valence-corrected chi connectivity index (χ0v) is 11.5. The minimum Gasteiger partial charge on any atom is -0.352 e. The van der Waals surface area contributed by atoms with Crippen LogP contribution in [0.15, 0.2) is 36.4 Å². The van der Waals surface area contributed by atoms with Gasteiger partial charge in [-0.2, -0.15) is 0 Å². The van der Waals surface area contributed by atoms with Gasteiger partial charge in [0, 0.05) is 19.2 Å². The molecule has 2 nitrogen and oxygen atoms in total. The van der Waals surface area contributed by atoms with E-state index in [2.05, 4.69) is 65.4 Å². The van der Waals surface area contributed by atoms with Crippen molar-refractivity contribution in [1.82, 2.24) is 0 Å². The van der Waals surface area contributed by atoms with Crippen molar-refractivity contribution in [2.45, 2.75) is 19.0 Å². The molecule has 0 aromatic heterocycles. The van der Waals surface area contributed by atoms with E-state index in [1.165, 1.54) is 33.1 Å². The van der Waals surface area contributed by atoms with Gasteiger partial charge in [-0.25, -0.2) is 0 Å². The maximum atomic E-state index is 2.51. The summed E-state index contributed by atoms with van der Waals surface area (Å²) in [5, 5.41) is 2.78.